The molecule has 0 fully saturated rings. The SMILES string of the molecule is CCCOc1ccc(C#Cc2ccc(C#Cc3ccc4cc(F)c(F)cc4c3)c(F)c2)c(F)c1. The zero-order chi connectivity index (χ0) is 24.1. The van der Waals surface area contributed by atoms with Crippen LogP contribution >= 0.6 is 0 Å². The van der Waals surface area contributed by atoms with Gasteiger partial charge in [-0.2, -0.15) is 0 Å². The third-order valence-corrected chi connectivity index (χ3v) is 4.94. The summed E-state index contributed by atoms with van der Waals surface area (Å²) >= 11 is 0. The number of ether oxygens (including phenoxy) is 1. The molecule has 0 spiro atoms. The molecular formula is C29H18F4O. The van der Waals surface area contributed by atoms with Crippen molar-refractivity contribution in [2.75, 3.05) is 6.61 Å². The minimum Gasteiger partial charge on any atom is -0.494 e. The van der Waals surface area contributed by atoms with E-state index in [0.717, 1.165) is 18.6 Å². The Morgan fingerprint density at radius 3 is 1.82 bits per heavy atom. The van der Waals surface area contributed by atoms with Crippen molar-refractivity contribution in [3.8, 4) is 29.4 Å². The zero-order valence-electron chi connectivity index (χ0n) is 18.2. The van der Waals surface area contributed by atoms with Gasteiger partial charge in [-0.05, 0) is 71.8 Å². The number of halogens is 4. The molecule has 0 unspecified atom stereocenters. The lowest BCUT2D eigenvalue weighted by Gasteiger charge is -2.04. The van der Waals surface area contributed by atoms with Gasteiger partial charge in [0.05, 0.1) is 17.7 Å². The maximum absolute atomic E-state index is 14.5. The van der Waals surface area contributed by atoms with E-state index in [4.69, 9.17) is 4.74 Å². The van der Waals surface area contributed by atoms with Crippen molar-refractivity contribution in [1.29, 1.82) is 0 Å². The Hall–Kier alpha value is -4.22. The zero-order valence-corrected chi connectivity index (χ0v) is 18.2. The van der Waals surface area contributed by atoms with Crippen LogP contribution in [0.1, 0.15) is 35.6 Å². The van der Waals surface area contributed by atoms with Crippen molar-refractivity contribution in [1.82, 2.24) is 0 Å². The topological polar surface area (TPSA) is 9.23 Å². The maximum atomic E-state index is 14.5. The molecule has 0 aliphatic carbocycles. The predicted molar refractivity (Wildman–Crippen MR) is 124 cm³/mol. The normalized spacial score (nSPS) is 10.3. The molecule has 1 nitrogen and oxygen atoms in total. The smallest absolute Gasteiger partial charge is 0.159 e. The number of hydrogen-bond acceptors (Lipinski definition) is 1. The van der Waals surface area contributed by atoms with Crippen molar-refractivity contribution in [2.45, 2.75) is 13.3 Å². The lowest BCUT2D eigenvalue weighted by molar-refractivity contribution is 0.315. The van der Waals surface area contributed by atoms with E-state index in [1.807, 2.05) is 6.92 Å². The van der Waals surface area contributed by atoms with Gasteiger partial charge in [0.2, 0.25) is 0 Å². The highest BCUT2D eigenvalue weighted by Crippen LogP contribution is 2.20. The summed E-state index contributed by atoms with van der Waals surface area (Å²) in [6.07, 6.45) is 0.818. The van der Waals surface area contributed by atoms with Crippen LogP contribution in [0, 0.1) is 47.0 Å². The van der Waals surface area contributed by atoms with Crippen molar-refractivity contribution in [2.24, 2.45) is 0 Å². The van der Waals surface area contributed by atoms with Crippen LogP contribution < -0.4 is 4.74 Å². The molecule has 0 atom stereocenters. The molecular weight excluding hydrogens is 440 g/mol. The molecule has 0 bridgehead atoms. The Morgan fingerprint density at radius 1 is 0.588 bits per heavy atom. The molecule has 0 aliphatic rings. The summed E-state index contributed by atoms with van der Waals surface area (Å²) in [6.45, 7) is 2.46. The van der Waals surface area contributed by atoms with Crippen molar-refractivity contribution in [3.63, 3.8) is 0 Å². The molecule has 4 aromatic rings. The maximum Gasteiger partial charge on any atom is 0.159 e. The molecule has 5 heteroatoms. The molecule has 4 aromatic carbocycles. The van der Waals surface area contributed by atoms with Crippen molar-refractivity contribution < 1.29 is 22.3 Å². The van der Waals surface area contributed by atoms with E-state index in [9.17, 15) is 17.6 Å². The first-order valence-electron chi connectivity index (χ1n) is 10.6. The molecule has 0 heterocycles. The second-order valence-electron chi connectivity index (χ2n) is 7.51. The molecule has 168 valence electrons. The third kappa shape index (κ3) is 5.39. The molecule has 34 heavy (non-hydrogen) atoms. The van der Waals surface area contributed by atoms with E-state index in [2.05, 4.69) is 23.7 Å². The predicted octanol–water partition coefficient (Wildman–Crippen LogP) is 6.98. The van der Waals surface area contributed by atoms with Crippen LogP contribution in [0.2, 0.25) is 0 Å². The standard InChI is InChI=1S/C29H18F4O/c1-2-13-34-25-12-11-22(27(31)18-25)9-5-20-4-8-21(26(30)15-20)7-3-19-6-10-23-16-28(32)29(33)17-24(23)14-19/h4,6,8,10-12,14-18H,2,13H2,1H3. The number of benzene rings is 4. The van der Waals surface area contributed by atoms with Gasteiger partial charge in [-0.1, -0.05) is 36.7 Å². The summed E-state index contributed by atoms with van der Waals surface area (Å²) in [4.78, 5) is 0. The first-order valence-corrected chi connectivity index (χ1v) is 10.6. The first-order chi connectivity index (χ1) is 16.4. The van der Waals surface area contributed by atoms with E-state index in [1.165, 1.54) is 24.3 Å². The lowest BCUT2D eigenvalue weighted by Crippen LogP contribution is -1.96. The van der Waals surface area contributed by atoms with E-state index >= 15 is 0 Å². The lowest BCUT2D eigenvalue weighted by atomic mass is 10.1. The molecule has 0 saturated carbocycles. The fraction of sp³-hybridized carbons (Fsp3) is 0.103. The quantitative estimate of drug-likeness (QED) is 0.238. The number of fused-ring (bicyclic) bond motifs is 1. The highest BCUT2D eigenvalue weighted by molar-refractivity contribution is 5.84. The van der Waals surface area contributed by atoms with Gasteiger partial charge >= 0.3 is 0 Å². The first kappa shape index (κ1) is 23.0. The summed E-state index contributed by atoms with van der Waals surface area (Å²) in [5, 5.41) is 1.03. The Kier molecular flexibility index (Phi) is 6.85. The summed E-state index contributed by atoms with van der Waals surface area (Å²) in [5.74, 6) is 8.51. The fourth-order valence-corrected chi connectivity index (χ4v) is 3.20. The Morgan fingerprint density at radius 2 is 1.18 bits per heavy atom. The minimum atomic E-state index is -0.944. The van der Waals surface area contributed by atoms with E-state index in [1.54, 1.807) is 30.3 Å². The van der Waals surface area contributed by atoms with Gasteiger partial charge in [-0.3, -0.25) is 0 Å². The highest BCUT2D eigenvalue weighted by atomic mass is 19.2. The Labute approximate surface area is 195 Å². The van der Waals surface area contributed by atoms with Crippen LogP contribution in [0.3, 0.4) is 0 Å². The average molecular weight is 458 g/mol. The molecule has 4 rings (SSSR count). The van der Waals surface area contributed by atoms with E-state index < -0.39 is 23.3 Å². The van der Waals surface area contributed by atoms with Gasteiger partial charge in [-0.25, -0.2) is 17.6 Å². The van der Waals surface area contributed by atoms with E-state index in [0.29, 0.717) is 34.3 Å². The van der Waals surface area contributed by atoms with Crippen molar-refractivity contribution >= 4 is 10.8 Å². The Balaban J connectivity index is 1.53. The largest absolute Gasteiger partial charge is 0.494 e. The van der Waals surface area contributed by atoms with Gasteiger partial charge in [0.1, 0.15) is 17.4 Å². The molecule has 0 N–H and O–H groups in total. The number of hydrogen-bond donors (Lipinski definition) is 0. The number of rotatable bonds is 3. The average Bonchev–Trinajstić information content (AvgIpc) is 2.82. The molecule has 0 aliphatic heterocycles. The monoisotopic (exact) mass is 458 g/mol. The summed E-state index contributed by atoms with van der Waals surface area (Å²) < 4.78 is 60.9. The fourth-order valence-electron chi connectivity index (χ4n) is 3.20. The highest BCUT2D eigenvalue weighted by Gasteiger charge is 2.05. The van der Waals surface area contributed by atoms with Gasteiger partial charge in [0.25, 0.3) is 0 Å². The van der Waals surface area contributed by atoms with Crippen LogP contribution in [0.25, 0.3) is 10.8 Å². The minimum absolute atomic E-state index is 0.152. The van der Waals surface area contributed by atoms with Gasteiger partial charge < -0.3 is 4.74 Å². The molecule has 0 amide bonds. The molecule has 0 radical (unpaired) electrons. The van der Waals surface area contributed by atoms with Crippen molar-refractivity contribution in [3.05, 3.63) is 112 Å². The molecule has 0 aromatic heterocycles. The summed E-state index contributed by atoms with van der Waals surface area (Å²) in [7, 11) is 0. The van der Waals surface area contributed by atoms with Gasteiger partial charge in [-0.15, -0.1) is 0 Å². The van der Waals surface area contributed by atoms with Crippen LogP contribution in [0.15, 0.2) is 66.7 Å². The van der Waals surface area contributed by atoms with Crippen LogP contribution in [-0.4, -0.2) is 6.61 Å². The third-order valence-electron chi connectivity index (χ3n) is 4.94. The van der Waals surface area contributed by atoms with Crippen LogP contribution in [0.5, 0.6) is 5.75 Å². The molecule has 0 saturated heterocycles. The Bertz CT molecular complexity index is 1500. The second kappa shape index (κ2) is 10.1. The van der Waals surface area contributed by atoms with Crippen LogP contribution in [0.4, 0.5) is 17.6 Å². The second-order valence-corrected chi connectivity index (χ2v) is 7.51. The summed E-state index contributed by atoms with van der Waals surface area (Å²) in [5.41, 5.74) is 1.24. The van der Waals surface area contributed by atoms with E-state index in [-0.39, 0.29) is 11.1 Å². The van der Waals surface area contributed by atoms with Gasteiger partial charge in [0.15, 0.2) is 11.6 Å². The summed E-state index contributed by atoms with van der Waals surface area (Å²) in [6, 6.07) is 15.8. The van der Waals surface area contributed by atoms with Crippen LogP contribution in [-0.2, 0) is 0 Å². The van der Waals surface area contributed by atoms with Gasteiger partial charge in [0, 0.05) is 17.2 Å².